The molecular formula is C10H20O2. The molecule has 0 heterocycles. The van der Waals surface area contributed by atoms with Crippen molar-refractivity contribution in [1.82, 2.24) is 0 Å². The summed E-state index contributed by atoms with van der Waals surface area (Å²) in [5.41, 5.74) is 0.514. The highest BCUT2D eigenvalue weighted by atomic mass is 17.2. The Kier molecular flexibility index (Phi) is 3.53. The van der Waals surface area contributed by atoms with E-state index in [1.54, 1.807) is 7.11 Å². The summed E-state index contributed by atoms with van der Waals surface area (Å²) in [5, 5.41) is 0. The van der Waals surface area contributed by atoms with E-state index in [9.17, 15) is 0 Å². The van der Waals surface area contributed by atoms with Gasteiger partial charge in [-0.15, -0.1) is 0 Å². The van der Waals surface area contributed by atoms with Crippen LogP contribution in [0.25, 0.3) is 0 Å². The van der Waals surface area contributed by atoms with Crippen molar-refractivity contribution in [3.63, 3.8) is 0 Å². The first kappa shape index (κ1) is 10.0. The second kappa shape index (κ2) is 4.24. The zero-order chi connectivity index (χ0) is 9.03. The lowest BCUT2D eigenvalue weighted by Crippen LogP contribution is -2.25. The maximum atomic E-state index is 4.97. The molecule has 1 unspecified atom stereocenters. The minimum absolute atomic E-state index is 0.514. The van der Waals surface area contributed by atoms with Gasteiger partial charge in [0, 0.05) is 0 Å². The summed E-state index contributed by atoms with van der Waals surface area (Å²) in [6.07, 6.45) is 5.27. The summed E-state index contributed by atoms with van der Waals surface area (Å²) in [6.45, 7) is 5.44. The van der Waals surface area contributed by atoms with E-state index in [0.29, 0.717) is 11.3 Å². The Morgan fingerprint density at radius 2 is 2.17 bits per heavy atom. The Morgan fingerprint density at radius 1 is 1.42 bits per heavy atom. The molecule has 12 heavy (non-hydrogen) atoms. The average Bonchev–Trinajstić information content (AvgIpc) is 1.99. The van der Waals surface area contributed by atoms with Crippen molar-refractivity contribution in [1.29, 1.82) is 0 Å². The smallest absolute Gasteiger partial charge is 0.0850 e. The largest absolute Gasteiger partial charge is 0.240 e. The molecule has 2 nitrogen and oxygen atoms in total. The Balaban J connectivity index is 2.26. The van der Waals surface area contributed by atoms with E-state index in [1.807, 2.05) is 0 Å². The van der Waals surface area contributed by atoms with Gasteiger partial charge in [0.2, 0.25) is 0 Å². The summed E-state index contributed by atoms with van der Waals surface area (Å²) < 4.78 is 0. The van der Waals surface area contributed by atoms with Gasteiger partial charge in [-0.3, -0.25) is 0 Å². The molecule has 0 bridgehead atoms. The molecule has 0 aromatic carbocycles. The van der Waals surface area contributed by atoms with E-state index in [-0.39, 0.29) is 0 Å². The zero-order valence-electron chi connectivity index (χ0n) is 8.43. The van der Waals surface area contributed by atoms with Crippen molar-refractivity contribution in [3.05, 3.63) is 0 Å². The third-order valence-electron chi connectivity index (χ3n) is 2.73. The highest BCUT2D eigenvalue weighted by Crippen LogP contribution is 2.38. The molecule has 0 aliphatic heterocycles. The first-order valence-electron chi connectivity index (χ1n) is 4.80. The fourth-order valence-corrected chi connectivity index (χ4v) is 2.16. The van der Waals surface area contributed by atoms with Gasteiger partial charge in [-0.25, -0.2) is 9.78 Å². The van der Waals surface area contributed by atoms with Crippen LogP contribution in [-0.2, 0) is 9.78 Å². The van der Waals surface area contributed by atoms with Crippen molar-refractivity contribution in [2.45, 2.75) is 39.5 Å². The topological polar surface area (TPSA) is 18.5 Å². The number of hydrogen-bond donors (Lipinski definition) is 0. The molecule has 1 fully saturated rings. The molecule has 1 aliphatic rings. The Hall–Kier alpha value is -0.0800. The molecule has 0 N–H and O–H groups in total. The molecule has 0 aromatic heterocycles. The highest BCUT2D eigenvalue weighted by Gasteiger charge is 2.27. The van der Waals surface area contributed by atoms with Gasteiger partial charge in [0.05, 0.1) is 13.7 Å². The molecule has 1 saturated carbocycles. The highest BCUT2D eigenvalue weighted by molar-refractivity contribution is 4.78. The van der Waals surface area contributed by atoms with Gasteiger partial charge >= 0.3 is 0 Å². The lowest BCUT2D eigenvalue weighted by atomic mass is 9.72. The van der Waals surface area contributed by atoms with Gasteiger partial charge in [-0.05, 0) is 30.6 Å². The van der Waals surface area contributed by atoms with Crippen LogP contribution >= 0.6 is 0 Å². The van der Waals surface area contributed by atoms with Crippen LogP contribution in [0.15, 0.2) is 0 Å². The van der Waals surface area contributed by atoms with E-state index < -0.39 is 0 Å². The summed E-state index contributed by atoms with van der Waals surface area (Å²) in [5.74, 6) is 0.702. The summed E-state index contributed by atoms with van der Waals surface area (Å²) >= 11 is 0. The molecule has 0 saturated heterocycles. The van der Waals surface area contributed by atoms with Gasteiger partial charge in [0.15, 0.2) is 0 Å². The Morgan fingerprint density at radius 3 is 2.75 bits per heavy atom. The first-order valence-corrected chi connectivity index (χ1v) is 4.80. The van der Waals surface area contributed by atoms with Crippen LogP contribution in [-0.4, -0.2) is 13.7 Å². The molecule has 0 radical (unpaired) electrons. The zero-order valence-corrected chi connectivity index (χ0v) is 8.43. The van der Waals surface area contributed by atoms with Crippen LogP contribution in [0.3, 0.4) is 0 Å². The van der Waals surface area contributed by atoms with Gasteiger partial charge in [-0.1, -0.05) is 20.3 Å². The van der Waals surface area contributed by atoms with Gasteiger partial charge < -0.3 is 0 Å². The average molecular weight is 172 g/mol. The molecule has 72 valence electrons. The minimum atomic E-state index is 0.514. The lowest BCUT2D eigenvalue weighted by molar-refractivity contribution is -0.282. The maximum absolute atomic E-state index is 4.97. The van der Waals surface area contributed by atoms with Crippen LogP contribution in [0.5, 0.6) is 0 Å². The number of hydrogen-bond acceptors (Lipinski definition) is 2. The summed E-state index contributed by atoms with van der Waals surface area (Å²) in [7, 11) is 1.58. The van der Waals surface area contributed by atoms with E-state index in [0.717, 1.165) is 6.61 Å². The second-order valence-electron chi connectivity index (χ2n) is 4.58. The summed E-state index contributed by atoms with van der Waals surface area (Å²) in [4.78, 5) is 9.58. The fraction of sp³-hybridized carbons (Fsp3) is 1.00. The number of rotatable bonds is 3. The minimum Gasteiger partial charge on any atom is -0.240 e. The normalized spacial score (nSPS) is 28.8. The van der Waals surface area contributed by atoms with Crippen molar-refractivity contribution in [2.75, 3.05) is 13.7 Å². The Bertz CT molecular complexity index is 132. The van der Waals surface area contributed by atoms with Crippen molar-refractivity contribution < 1.29 is 9.78 Å². The molecule has 0 amide bonds. The lowest BCUT2D eigenvalue weighted by Gasteiger charge is -2.34. The molecule has 1 rings (SSSR count). The van der Waals surface area contributed by atoms with Gasteiger partial charge in [-0.2, -0.15) is 0 Å². The van der Waals surface area contributed by atoms with Crippen LogP contribution in [0.4, 0.5) is 0 Å². The molecule has 0 spiro atoms. The molecule has 2 heteroatoms. The predicted octanol–water partition coefficient (Wildman–Crippen LogP) is 2.78. The molecule has 1 atom stereocenters. The second-order valence-corrected chi connectivity index (χ2v) is 4.58. The molecular weight excluding hydrogens is 152 g/mol. The predicted molar refractivity (Wildman–Crippen MR) is 48.7 cm³/mol. The summed E-state index contributed by atoms with van der Waals surface area (Å²) in [6, 6.07) is 0. The van der Waals surface area contributed by atoms with E-state index in [2.05, 4.69) is 18.7 Å². The fourth-order valence-electron chi connectivity index (χ4n) is 2.16. The molecule has 0 aromatic rings. The van der Waals surface area contributed by atoms with Crippen LogP contribution < -0.4 is 0 Å². The maximum Gasteiger partial charge on any atom is 0.0850 e. The van der Waals surface area contributed by atoms with Crippen molar-refractivity contribution in [2.24, 2.45) is 11.3 Å². The van der Waals surface area contributed by atoms with Gasteiger partial charge in [0.1, 0.15) is 0 Å². The third-order valence-corrected chi connectivity index (χ3v) is 2.73. The van der Waals surface area contributed by atoms with E-state index in [4.69, 9.17) is 4.89 Å². The Labute approximate surface area is 75.2 Å². The van der Waals surface area contributed by atoms with Crippen molar-refractivity contribution >= 4 is 0 Å². The van der Waals surface area contributed by atoms with Crippen LogP contribution in [0.2, 0.25) is 0 Å². The van der Waals surface area contributed by atoms with Gasteiger partial charge in [0.25, 0.3) is 0 Å². The van der Waals surface area contributed by atoms with E-state index >= 15 is 0 Å². The standard InChI is InChI=1S/C10H20O2/c1-10(2)6-4-5-9(7-10)8-12-11-3/h9H,4-8H2,1-3H3. The first-order chi connectivity index (χ1) is 5.64. The van der Waals surface area contributed by atoms with E-state index in [1.165, 1.54) is 25.7 Å². The molecule has 1 aliphatic carbocycles. The van der Waals surface area contributed by atoms with Crippen LogP contribution in [0, 0.1) is 11.3 Å². The SMILES string of the molecule is COOCC1CCCC(C)(C)C1. The quantitative estimate of drug-likeness (QED) is 0.481. The van der Waals surface area contributed by atoms with Crippen LogP contribution in [0.1, 0.15) is 39.5 Å². The monoisotopic (exact) mass is 172 g/mol. The third kappa shape index (κ3) is 3.11. The van der Waals surface area contributed by atoms with Crippen molar-refractivity contribution in [3.8, 4) is 0 Å².